The van der Waals surface area contributed by atoms with Crippen LogP contribution < -0.4 is 5.73 Å². The molecule has 2 bridgehead atoms. The summed E-state index contributed by atoms with van der Waals surface area (Å²) in [4.78, 5) is 0. The second-order valence-corrected chi connectivity index (χ2v) is 3.96. The quantitative estimate of drug-likeness (QED) is 0.545. The Bertz CT molecular complexity index is 108. The lowest BCUT2D eigenvalue weighted by Crippen LogP contribution is -2.29. The van der Waals surface area contributed by atoms with Gasteiger partial charge >= 0.3 is 0 Å². The lowest BCUT2D eigenvalue weighted by molar-refractivity contribution is 0.416. The molecule has 0 aromatic heterocycles. The van der Waals surface area contributed by atoms with E-state index in [2.05, 4.69) is 0 Å². The molecule has 10 heavy (non-hydrogen) atoms. The topological polar surface area (TPSA) is 26.0 Å². The van der Waals surface area contributed by atoms with Crippen LogP contribution in [0.5, 0.6) is 0 Å². The van der Waals surface area contributed by atoms with Gasteiger partial charge in [-0.15, -0.1) is 0 Å². The van der Waals surface area contributed by atoms with Crippen molar-refractivity contribution in [2.75, 3.05) is 0 Å². The summed E-state index contributed by atoms with van der Waals surface area (Å²) in [5, 5.41) is 0. The maximum atomic E-state index is 6.08. The molecule has 0 aromatic rings. The van der Waals surface area contributed by atoms with Gasteiger partial charge in [-0.2, -0.15) is 0 Å². The molecular weight excluding hydrogens is 122 g/mol. The molecular formula is C9H17N. The van der Waals surface area contributed by atoms with Crippen molar-refractivity contribution < 1.29 is 0 Å². The van der Waals surface area contributed by atoms with E-state index in [4.69, 9.17) is 5.73 Å². The monoisotopic (exact) mass is 139 g/mol. The Morgan fingerprint density at radius 3 is 1.80 bits per heavy atom. The number of nitrogens with two attached hydrogens (primary N) is 1. The van der Waals surface area contributed by atoms with Crippen molar-refractivity contribution in [2.45, 2.75) is 44.6 Å². The second-order valence-electron chi connectivity index (χ2n) is 3.96. The van der Waals surface area contributed by atoms with E-state index in [1.807, 2.05) is 0 Å². The zero-order valence-electron chi connectivity index (χ0n) is 6.55. The Morgan fingerprint density at radius 2 is 1.30 bits per heavy atom. The van der Waals surface area contributed by atoms with Gasteiger partial charge in [0.05, 0.1) is 0 Å². The molecule has 58 valence electrons. The molecule has 0 amide bonds. The van der Waals surface area contributed by atoms with Crippen molar-refractivity contribution in [3.63, 3.8) is 0 Å². The first kappa shape index (κ1) is 6.66. The number of rotatable bonds is 0. The van der Waals surface area contributed by atoms with Crippen LogP contribution in [0, 0.1) is 11.8 Å². The molecule has 2 atom stereocenters. The zero-order chi connectivity index (χ0) is 6.97. The van der Waals surface area contributed by atoms with E-state index >= 15 is 0 Å². The van der Waals surface area contributed by atoms with Crippen LogP contribution in [-0.4, -0.2) is 6.04 Å². The summed E-state index contributed by atoms with van der Waals surface area (Å²) in [5.41, 5.74) is 6.08. The summed E-state index contributed by atoms with van der Waals surface area (Å²) in [7, 11) is 0. The van der Waals surface area contributed by atoms with E-state index < -0.39 is 0 Å². The summed E-state index contributed by atoms with van der Waals surface area (Å²) in [6.45, 7) is 0. The Hall–Kier alpha value is -0.0400. The van der Waals surface area contributed by atoms with Crippen molar-refractivity contribution in [2.24, 2.45) is 17.6 Å². The summed E-state index contributed by atoms with van der Waals surface area (Å²) in [5.74, 6) is 1.79. The van der Waals surface area contributed by atoms with E-state index in [1.54, 1.807) is 0 Å². The minimum Gasteiger partial charge on any atom is -0.327 e. The van der Waals surface area contributed by atoms with Crippen molar-refractivity contribution in [1.29, 1.82) is 0 Å². The van der Waals surface area contributed by atoms with Crippen LogP contribution in [0.2, 0.25) is 0 Å². The molecule has 2 aliphatic carbocycles. The molecule has 0 heterocycles. The fourth-order valence-corrected chi connectivity index (χ4v) is 2.68. The van der Waals surface area contributed by atoms with Gasteiger partial charge in [-0.1, -0.05) is 12.8 Å². The molecule has 0 aromatic carbocycles. The molecule has 1 heteroatoms. The van der Waals surface area contributed by atoms with Gasteiger partial charge in [0.25, 0.3) is 0 Å². The van der Waals surface area contributed by atoms with Crippen molar-refractivity contribution in [3.8, 4) is 0 Å². The smallest absolute Gasteiger partial charge is 0.00956 e. The first-order chi connectivity index (χ1) is 4.88. The van der Waals surface area contributed by atoms with Crippen LogP contribution in [0.1, 0.15) is 38.5 Å². The molecule has 1 nitrogen and oxygen atoms in total. The maximum Gasteiger partial charge on any atom is 0.00956 e. The van der Waals surface area contributed by atoms with Gasteiger partial charge in [0, 0.05) is 6.04 Å². The van der Waals surface area contributed by atoms with E-state index in [9.17, 15) is 0 Å². The van der Waals surface area contributed by atoms with Crippen LogP contribution in [0.15, 0.2) is 0 Å². The van der Waals surface area contributed by atoms with E-state index in [1.165, 1.54) is 38.5 Å². The Labute approximate surface area is 63.0 Å². The molecule has 0 radical (unpaired) electrons. The predicted molar refractivity (Wildman–Crippen MR) is 42.7 cm³/mol. The summed E-state index contributed by atoms with van der Waals surface area (Å²) in [6, 6.07) is 0.572. The molecule has 0 saturated heterocycles. The minimum absolute atomic E-state index is 0.572. The highest BCUT2D eigenvalue weighted by Gasteiger charge is 2.34. The zero-order valence-corrected chi connectivity index (χ0v) is 6.55. The van der Waals surface area contributed by atoms with E-state index in [-0.39, 0.29) is 0 Å². The lowest BCUT2D eigenvalue weighted by atomic mass is 9.98. The van der Waals surface area contributed by atoms with Gasteiger partial charge in [-0.3, -0.25) is 0 Å². The normalized spacial score (nSPS) is 47.1. The van der Waals surface area contributed by atoms with Gasteiger partial charge in [0.15, 0.2) is 0 Å². The highest BCUT2D eigenvalue weighted by molar-refractivity contribution is 4.89. The van der Waals surface area contributed by atoms with Crippen LogP contribution in [-0.2, 0) is 0 Å². The summed E-state index contributed by atoms with van der Waals surface area (Å²) >= 11 is 0. The number of fused-ring (bicyclic) bond motifs is 2. The van der Waals surface area contributed by atoms with Gasteiger partial charge in [0.1, 0.15) is 0 Å². The SMILES string of the molecule is NC1C2CCCCC1CC2. The Balaban J connectivity index is 2.07. The molecule has 0 aliphatic heterocycles. The van der Waals surface area contributed by atoms with Crippen LogP contribution in [0.25, 0.3) is 0 Å². The lowest BCUT2D eigenvalue weighted by Gasteiger charge is -2.15. The van der Waals surface area contributed by atoms with E-state index in [0.29, 0.717) is 6.04 Å². The van der Waals surface area contributed by atoms with Gasteiger partial charge in [-0.05, 0) is 37.5 Å². The average molecular weight is 139 g/mol. The molecule has 2 unspecified atom stereocenters. The van der Waals surface area contributed by atoms with Crippen LogP contribution in [0.4, 0.5) is 0 Å². The predicted octanol–water partition coefficient (Wildman–Crippen LogP) is 1.91. The van der Waals surface area contributed by atoms with Crippen LogP contribution in [0.3, 0.4) is 0 Å². The fourth-order valence-electron chi connectivity index (χ4n) is 2.68. The number of hydrogen-bond donors (Lipinski definition) is 1. The number of hydrogen-bond acceptors (Lipinski definition) is 1. The molecule has 2 saturated carbocycles. The largest absolute Gasteiger partial charge is 0.327 e. The summed E-state index contributed by atoms with van der Waals surface area (Å²) < 4.78 is 0. The highest BCUT2D eigenvalue weighted by atomic mass is 14.7. The fraction of sp³-hybridized carbons (Fsp3) is 1.00. The molecule has 2 rings (SSSR count). The van der Waals surface area contributed by atoms with Gasteiger partial charge < -0.3 is 5.73 Å². The third-order valence-corrected chi connectivity index (χ3v) is 3.40. The van der Waals surface area contributed by atoms with E-state index in [0.717, 1.165) is 11.8 Å². The second kappa shape index (κ2) is 2.54. The Morgan fingerprint density at radius 1 is 0.800 bits per heavy atom. The molecule has 2 aliphatic rings. The van der Waals surface area contributed by atoms with Crippen molar-refractivity contribution in [3.05, 3.63) is 0 Å². The highest BCUT2D eigenvalue weighted by Crippen LogP contribution is 2.39. The maximum absolute atomic E-state index is 6.08. The molecule has 2 fully saturated rings. The average Bonchev–Trinajstić information content (AvgIpc) is 2.06. The van der Waals surface area contributed by atoms with Crippen LogP contribution >= 0.6 is 0 Å². The summed E-state index contributed by atoms with van der Waals surface area (Å²) in [6.07, 6.45) is 8.55. The third-order valence-electron chi connectivity index (χ3n) is 3.40. The first-order valence-corrected chi connectivity index (χ1v) is 4.63. The first-order valence-electron chi connectivity index (χ1n) is 4.63. The molecule has 0 spiro atoms. The Kier molecular flexibility index (Phi) is 1.69. The third kappa shape index (κ3) is 0.968. The van der Waals surface area contributed by atoms with Crippen molar-refractivity contribution in [1.82, 2.24) is 0 Å². The molecule has 2 N–H and O–H groups in total. The van der Waals surface area contributed by atoms with Gasteiger partial charge in [-0.25, -0.2) is 0 Å². The van der Waals surface area contributed by atoms with Gasteiger partial charge in [0.2, 0.25) is 0 Å². The minimum atomic E-state index is 0.572. The van der Waals surface area contributed by atoms with Crippen molar-refractivity contribution >= 4 is 0 Å². The standard InChI is InChI=1S/C9H17N/c10-9-7-3-1-2-4-8(9)6-5-7/h7-9H,1-6,10H2.